The van der Waals surface area contributed by atoms with Crippen LogP contribution in [0.5, 0.6) is 0 Å². The lowest BCUT2D eigenvalue weighted by atomic mass is 10.1. The molecule has 0 radical (unpaired) electrons. The van der Waals surface area contributed by atoms with Crippen LogP contribution in [0.4, 0.5) is 20.2 Å². The molecule has 1 heterocycles. The molecular weight excluding hydrogens is 447 g/mol. The number of sulfonamides is 1. The molecule has 0 aliphatic carbocycles. The zero-order valence-corrected chi connectivity index (χ0v) is 17.0. The molecule has 2 aromatic carbocycles. The van der Waals surface area contributed by atoms with Crippen LogP contribution in [0, 0.1) is 11.3 Å². The van der Waals surface area contributed by atoms with Crippen molar-refractivity contribution < 1.29 is 22.0 Å². The largest absolute Gasteiger partial charge is 0.322 e. The molecule has 0 aromatic heterocycles. The second-order valence-corrected chi connectivity index (χ2v) is 9.04. The van der Waals surface area contributed by atoms with Crippen LogP contribution in [-0.4, -0.2) is 26.6 Å². The smallest absolute Gasteiger partial charge is 0.263 e. The molecule has 1 fully saturated rings. The fourth-order valence-corrected chi connectivity index (χ4v) is 4.88. The van der Waals surface area contributed by atoms with E-state index in [-0.39, 0.29) is 44.8 Å². The second kappa shape index (κ2) is 8.14. The highest BCUT2D eigenvalue weighted by molar-refractivity contribution is 7.93. The van der Waals surface area contributed by atoms with Crippen LogP contribution in [-0.2, 0) is 10.0 Å². The lowest BCUT2D eigenvalue weighted by Gasteiger charge is -2.19. The van der Waals surface area contributed by atoms with Gasteiger partial charge in [0.1, 0.15) is 0 Å². The Morgan fingerprint density at radius 2 is 1.93 bits per heavy atom. The Hall–Kier alpha value is -2.41. The standard InChI is InChI=1S/C18H13Cl2F2N3O3S/c19-15-8-13(25-2-1-3-29(25,27)28)7-14(16(15)20)18(26)24-12-5-10(9-23)4-11(6-12)17(21)22/h4-8,17H,1-3H2,(H,24,26). The van der Waals surface area contributed by atoms with Crippen molar-refractivity contribution in [3.05, 3.63) is 57.1 Å². The van der Waals surface area contributed by atoms with E-state index in [9.17, 15) is 22.0 Å². The Labute approximate surface area is 175 Å². The molecule has 0 spiro atoms. The SMILES string of the molecule is N#Cc1cc(NC(=O)c2cc(N3CCCS3(=O)=O)cc(Cl)c2Cl)cc(C(F)F)c1. The van der Waals surface area contributed by atoms with Crippen LogP contribution in [0.1, 0.15) is 34.3 Å². The van der Waals surface area contributed by atoms with Crippen molar-refractivity contribution in [1.29, 1.82) is 5.26 Å². The molecule has 1 aliphatic heterocycles. The lowest BCUT2D eigenvalue weighted by molar-refractivity contribution is 0.102. The van der Waals surface area contributed by atoms with E-state index in [1.165, 1.54) is 18.2 Å². The third kappa shape index (κ3) is 4.45. The van der Waals surface area contributed by atoms with Gasteiger partial charge in [-0.2, -0.15) is 5.26 Å². The van der Waals surface area contributed by atoms with Crippen molar-refractivity contribution in [2.45, 2.75) is 12.8 Å². The van der Waals surface area contributed by atoms with Gasteiger partial charge in [-0.1, -0.05) is 23.2 Å². The molecule has 0 atom stereocenters. The summed E-state index contributed by atoms with van der Waals surface area (Å²) in [5.41, 5.74) is -0.464. The van der Waals surface area contributed by atoms with Crippen LogP contribution in [0.25, 0.3) is 0 Å². The quantitative estimate of drug-likeness (QED) is 0.723. The van der Waals surface area contributed by atoms with Crippen LogP contribution in [0.3, 0.4) is 0 Å². The zero-order chi connectivity index (χ0) is 21.3. The Morgan fingerprint density at radius 1 is 1.21 bits per heavy atom. The Kier molecular flexibility index (Phi) is 5.98. The first kappa shape index (κ1) is 21.3. The predicted molar refractivity (Wildman–Crippen MR) is 106 cm³/mol. The Morgan fingerprint density at radius 3 is 2.52 bits per heavy atom. The topological polar surface area (TPSA) is 90.3 Å². The van der Waals surface area contributed by atoms with Crippen LogP contribution >= 0.6 is 23.2 Å². The molecule has 1 saturated heterocycles. The van der Waals surface area contributed by atoms with Gasteiger partial charge < -0.3 is 5.32 Å². The number of benzene rings is 2. The summed E-state index contributed by atoms with van der Waals surface area (Å²) < 4.78 is 51.5. The third-order valence-corrected chi connectivity index (χ3v) is 6.91. The minimum atomic E-state index is -3.51. The highest BCUT2D eigenvalue weighted by atomic mass is 35.5. The summed E-state index contributed by atoms with van der Waals surface area (Å²) in [6.07, 6.45) is -2.40. The van der Waals surface area contributed by atoms with Gasteiger partial charge in [0, 0.05) is 17.8 Å². The number of rotatable bonds is 4. The molecule has 6 nitrogen and oxygen atoms in total. The van der Waals surface area contributed by atoms with Crippen molar-refractivity contribution in [3.8, 4) is 6.07 Å². The highest BCUT2D eigenvalue weighted by Gasteiger charge is 2.30. The summed E-state index contributed by atoms with van der Waals surface area (Å²) in [6.45, 7) is 0.239. The summed E-state index contributed by atoms with van der Waals surface area (Å²) in [6, 6.07) is 7.64. The molecule has 152 valence electrons. The van der Waals surface area contributed by atoms with E-state index >= 15 is 0 Å². The molecule has 0 unspecified atom stereocenters. The summed E-state index contributed by atoms with van der Waals surface area (Å²) in [5.74, 6) is -0.808. The van der Waals surface area contributed by atoms with Gasteiger partial charge in [0.2, 0.25) is 10.0 Å². The number of halogens is 4. The molecule has 0 saturated carbocycles. The number of amides is 1. The van der Waals surface area contributed by atoms with E-state index in [4.69, 9.17) is 28.5 Å². The monoisotopic (exact) mass is 459 g/mol. The summed E-state index contributed by atoms with van der Waals surface area (Å²) >= 11 is 12.2. The van der Waals surface area contributed by atoms with E-state index in [1.54, 1.807) is 6.07 Å². The van der Waals surface area contributed by atoms with Gasteiger partial charge in [-0.3, -0.25) is 9.10 Å². The van der Waals surface area contributed by atoms with Crippen molar-refractivity contribution in [2.24, 2.45) is 0 Å². The van der Waals surface area contributed by atoms with Gasteiger partial charge >= 0.3 is 0 Å². The molecule has 11 heteroatoms. The fourth-order valence-electron chi connectivity index (χ4n) is 2.93. The van der Waals surface area contributed by atoms with Gasteiger partial charge in [-0.15, -0.1) is 0 Å². The van der Waals surface area contributed by atoms with Gasteiger partial charge in [-0.25, -0.2) is 17.2 Å². The number of nitrogens with zero attached hydrogens (tertiary/aromatic N) is 2. The lowest BCUT2D eigenvalue weighted by Crippen LogP contribution is -2.25. The number of nitrogens with one attached hydrogen (secondary N) is 1. The maximum atomic E-state index is 13.0. The molecule has 1 N–H and O–H groups in total. The van der Waals surface area contributed by atoms with Crippen molar-refractivity contribution in [2.75, 3.05) is 21.9 Å². The van der Waals surface area contributed by atoms with Crippen molar-refractivity contribution in [3.63, 3.8) is 0 Å². The first-order valence-electron chi connectivity index (χ1n) is 8.26. The summed E-state index contributed by atoms with van der Waals surface area (Å²) in [7, 11) is -3.51. The van der Waals surface area contributed by atoms with Gasteiger partial charge in [0.05, 0.1) is 38.7 Å². The van der Waals surface area contributed by atoms with Crippen LogP contribution in [0.15, 0.2) is 30.3 Å². The zero-order valence-electron chi connectivity index (χ0n) is 14.6. The van der Waals surface area contributed by atoms with Crippen molar-refractivity contribution >= 4 is 50.5 Å². The molecule has 2 aromatic rings. The number of nitriles is 1. The summed E-state index contributed by atoms with van der Waals surface area (Å²) in [5, 5.41) is 11.3. The molecule has 1 aliphatic rings. The molecule has 29 heavy (non-hydrogen) atoms. The number of hydrogen-bond acceptors (Lipinski definition) is 4. The van der Waals surface area contributed by atoms with Gasteiger partial charge in [0.15, 0.2) is 0 Å². The van der Waals surface area contributed by atoms with E-state index < -0.39 is 27.9 Å². The number of carbonyl (C=O) groups is 1. The maximum absolute atomic E-state index is 13.0. The molecule has 3 rings (SSSR count). The average molecular weight is 460 g/mol. The number of alkyl halides is 2. The van der Waals surface area contributed by atoms with Crippen molar-refractivity contribution in [1.82, 2.24) is 0 Å². The van der Waals surface area contributed by atoms with E-state index in [0.717, 1.165) is 16.4 Å². The van der Waals surface area contributed by atoms with E-state index in [0.29, 0.717) is 6.42 Å². The summed E-state index contributed by atoms with van der Waals surface area (Å²) in [4.78, 5) is 12.7. The average Bonchev–Trinajstić information content (AvgIpc) is 3.02. The highest BCUT2D eigenvalue weighted by Crippen LogP contribution is 2.35. The van der Waals surface area contributed by atoms with Crippen LogP contribution in [0.2, 0.25) is 10.0 Å². The Balaban J connectivity index is 1.98. The number of hydrogen-bond donors (Lipinski definition) is 1. The maximum Gasteiger partial charge on any atom is 0.263 e. The molecule has 1 amide bonds. The van der Waals surface area contributed by atoms with E-state index in [2.05, 4.69) is 5.32 Å². The number of anilines is 2. The minimum absolute atomic E-state index is 0.0217. The minimum Gasteiger partial charge on any atom is -0.322 e. The second-order valence-electron chi connectivity index (χ2n) is 6.24. The normalized spacial score (nSPS) is 15.4. The van der Waals surface area contributed by atoms with Gasteiger partial charge in [-0.05, 0) is 36.8 Å². The number of carbonyl (C=O) groups excluding carboxylic acids is 1. The first-order chi connectivity index (χ1) is 13.6. The fraction of sp³-hybridized carbons (Fsp3) is 0.222. The van der Waals surface area contributed by atoms with E-state index in [1.807, 2.05) is 0 Å². The molecule has 0 bridgehead atoms. The predicted octanol–water partition coefficient (Wildman–Crippen LogP) is 4.59. The molecular formula is C18H13Cl2F2N3O3S. The third-order valence-electron chi connectivity index (χ3n) is 4.24. The Bertz CT molecular complexity index is 1130. The first-order valence-corrected chi connectivity index (χ1v) is 10.6. The van der Waals surface area contributed by atoms with Crippen LogP contribution < -0.4 is 9.62 Å². The van der Waals surface area contributed by atoms with Gasteiger partial charge in [0.25, 0.3) is 12.3 Å².